The van der Waals surface area contributed by atoms with E-state index in [0.29, 0.717) is 26.1 Å². The predicted octanol–water partition coefficient (Wildman–Crippen LogP) is 2.43. The summed E-state index contributed by atoms with van der Waals surface area (Å²) < 4.78 is 5.43. The highest BCUT2D eigenvalue weighted by molar-refractivity contribution is 6.05. The summed E-state index contributed by atoms with van der Waals surface area (Å²) in [6.07, 6.45) is 0.761. The van der Waals surface area contributed by atoms with Crippen molar-refractivity contribution in [2.24, 2.45) is 0 Å². The van der Waals surface area contributed by atoms with Gasteiger partial charge in [-0.25, -0.2) is 9.59 Å². The molecule has 2 saturated heterocycles. The zero-order valence-corrected chi connectivity index (χ0v) is 18.4. The summed E-state index contributed by atoms with van der Waals surface area (Å²) in [5, 5.41) is 2.33. The Morgan fingerprint density at radius 1 is 1.13 bits per heavy atom. The molecule has 0 unspecified atom stereocenters. The zero-order valence-electron chi connectivity index (χ0n) is 18.4. The number of carbonyl (C=O) groups excluding carboxylic acids is 3. The van der Waals surface area contributed by atoms with Crippen LogP contribution >= 0.6 is 0 Å². The number of piperazine rings is 1. The van der Waals surface area contributed by atoms with E-state index < -0.39 is 11.6 Å². The molecule has 0 aliphatic carbocycles. The van der Waals surface area contributed by atoms with Gasteiger partial charge in [-0.3, -0.25) is 19.9 Å². The minimum atomic E-state index is -0.476. The fourth-order valence-electron chi connectivity index (χ4n) is 3.42. The van der Waals surface area contributed by atoms with Gasteiger partial charge >= 0.3 is 12.1 Å². The monoisotopic (exact) mass is 426 g/mol. The van der Waals surface area contributed by atoms with Crippen LogP contribution in [0.4, 0.5) is 15.3 Å². The highest BCUT2D eigenvalue weighted by Crippen LogP contribution is 2.18. The van der Waals surface area contributed by atoms with Gasteiger partial charge in [0.05, 0.1) is 0 Å². The Balaban J connectivity index is 1.45. The fraction of sp³-hybridized carbons (Fsp3) is 0.522. The topological polar surface area (TPSA) is 82.2 Å². The SMILES string of the molecule is CC(C)(C)OC(=O)N1CCN(CCC#Cc2cccc(N3CCC(=O)NC3=O)c2)CC1. The number of benzene rings is 1. The number of imide groups is 1. The molecule has 0 atom stereocenters. The molecule has 1 aromatic carbocycles. The lowest BCUT2D eigenvalue weighted by molar-refractivity contribution is -0.120. The average molecular weight is 427 g/mol. The second-order valence-corrected chi connectivity index (χ2v) is 8.67. The molecule has 0 bridgehead atoms. The van der Waals surface area contributed by atoms with Crippen molar-refractivity contribution in [1.29, 1.82) is 0 Å². The summed E-state index contributed by atoms with van der Waals surface area (Å²) in [6.45, 7) is 9.75. The van der Waals surface area contributed by atoms with Crippen LogP contribution in [0.1, 0.15) is 39.2 Å². The number of hydrogen-bond acceptors (Lipinski definition) is 5. The van der Waals surface area contributed by atoms with Crippen molar-refractivity contribution in [3.63, 3.8) is 0 Å². The van der Waals surface area contributed by atoms with Gasteiger partial charge in [0, 0.05) is 63.4 Å². The first-order chi connectivity index (χ1) is 14.7. The first kappa shape index (κ1) is 22.6. The molecule has 2 aliphatic heterocycles. The maximum Gasteiger partial charge on any atom is 0.410 e. The van der Waals surface area contributed by atoms with E-state index in [4.69, 9.17) is 4.74 Å². The summed E-state index contributed by atoms with van der Waals surface area (Å²) in [5.74, 6) is 6.10. The third kappa shape index (κ3) is 6.72. The molecular weight excluding hydrogens is 396 g/mol. The lowest BCUT2D eigenvalue weighted by Gasteiger charge is -2.35. The predicted molar refractivity (Wildman–Crippen MR) is 118 cm³/mol. The van der Waals surface area contributed by atoms with E-state index in [0.717, 1.165) is 37.3 Å². The Morgan fingerprint density at radius 3 is 2.55 bits per heavy atom. The molecule has 3 rings (SSSR count). The maximum absolute atomic E-state index is 12.1. The van der Waals surface area contributed by atoms with E-state index in [9.17, 15) is 14.4 Å². The number of rotatable bonds is 3. The largest absolute Gasteiger partial charge is 0.444 e. The first-order valence-corrected chi connectivity index (χ1v) is 10.6. The molecule has 166 valence electrons. The molecule has 2 fully saturated rings. The van der Waals surface area contributed by atoms with Gasteiger partial charge in [-0.2, -0.15) is 0 Å². The number of hydrogen-bond donors (Lipinski definition) is 1. The molecule has 1 aromatic rings. The Bertz CT molecular complexity index is 889. The summed E-state index contributed by atoms with van der Waals surface area (Å²) in [7, 11) is 0. The number of ether oxygens (including phenoxy) is 1. The van der Waals surface area contributed by atoms with Crippen LogP contribution < -0.4 is 10.2 Å². The van der Waals surface area contributed by atoms with E-state index in [1.54, 1.807) is 9.80 Å². The van der Waals surface area contributed by atoms with Crippen LogP contribution in [0.2, 0.25) is 0 Å². The van der Waals surface area contributed by atoms with Gasteiger partial charge in [0.15, 0.2) is 0 Å². The van der Waals surface area contributed by atoms with Crippen molar-refractivity contribution in [2.75, 3.05) is 44.2 Å². The molecule has 0 saturated carbocycles. The number of urea groups is 1. The minimum absolute atomic E-state index is 0.246. The van der Waals surface area contributed by atoms with Crippen molar-refractivity contribution >= 4 is 23.7 Å². The van der Waals surface area contributed by atoms with E-state index in [1.807, 2.05) is 45.0 Å². The third-order valence-corrected chi connectivity index (χ3v) is 5.02. The molecule has 0 aromatic heterocycles. The van der Waals surface area contributed by atoms with Crippen molar-refractivity contribution in [1.82, 2.24) is 15.1 Å². The smallest absolute Gasteiger partial charge is 0.410 e. The molecule has 4 amide bonds. The molecule has 0 radical (unpaired) electrons. The van der Waals surface area contributed by atoms with Crippen molar-refractivity contribution in [2.45, 2.75) is 39.2 Å². The van der Waals surface area contributed by atoms with E-state index >= 15 is 0 Å². The van der Waals surface area contributed by atoms with Gasteiger partial charge in [-0.15, -0.1) is 0 Å². The number of amides is 4. The Labute approximate surface area is 183 Å². The number of carbonyl (C=O) groups is 3. The number of nitrogens with one attached hydrogen (secondary N) is 1. The standard InChI is InChI=1S/C23H30N4O4/c1-23(2,3)31-22(30)26-15-13-25(14-16-26)11-5-4-7-18-8-6-9-19(17-18)27-12-10-20(28)24-21(27)29/h6,8-9,17H,5,10-16H2,1-3H3,(H,24,28,29). The molecule has 1 N–H and O–H groups in total. The average Bonchev–Trinajstić information content (AvgIpc) is 2.70. The van der Waals surface area contributed by atoms with E-state index in [1.165, 1.54) is 0 Å². The lowest BCUT2D eigenvalue weighted by atomic mass is 10.1. The Kier molecular flexibility index (Phi) is 7.18. The quantitative estimate of drug-likeness (QED) is 0.751. The van der Waals surface area contributed by atoms with Crippen LogP contribution in [-0.2, 0) is 9.53 Å². The second kappa shape index (κ2) is 9.84. The second-order valence-electron chi connectivity index (χ2n) is 8.67. The van der Waals surface area contributed by atoms with E-state index in [2.05, 4.69) is 22.1 Å². The van der Waals surface area contributed by atoms with Crippen molar-refractivity contribution in [3.8, 4) is 11.8 Å². The number of nitrogens with zero attached hydrogens (tertiary/aromatic N) is 3. The summed E-state index contributed by atoms with van der Waals surface area (Å²) >= 11 is 0. The Morgan fingerprint density at radius 2 is 1.87 bits per heavy atom. The van der Waals surface area contributed by atoms with Crippen molar-refractivity contribution in [3.05, 3.63) is 29.8 Å². The lowest BCUT2D eigenvalue weighted by Crippen LogP contribution is -2.50. The van der Waals surface area contributed by atoms with Crippen LogP contribution in [-0.4, -0.2) is 72.7 Å². The molecule has 2 heterocycles. The molecule has 0 spiro atoms. The fourth-order valence-corrected chi connectivity index (χ4v) is 3.42. The molecule has 8 nitrogen and oxygen atoms in total. The van der Waals surface area contributed by atoms with Crippen molar-refractivity contribution < 1.29 is 19.1 Å². The van der Waals surface area contributed by atoms with E-state index in [-0.39, 0.29) is 12.0 Å². The zero-order chi connectivity index (χ0) is 22.4. The van der Waals surface area contributed by atoms with Gasteiger partial charge < -0.3 is 9.64 Å². The van der Waals surface area contributed by atoms with Gasteiger partial charge in [0.2, 0.25) is 5.91 Å². The van der Waals surface area contributed by atoms with Crippen LogP contribution in [0.15, 0.2) is 24.3 Å². The molecular formula is C23H30N4O4. The maximum atomic E-state index is 12.1. The highest BCUT2D eigenvalue weighted by Gasteiger charge is 2.26. The van der Waals surface area contributed by atoms with Crippen LogP contribution in [0.25, 0.3) is 0 Å². The summed E-state index contributed by atoms with van der Waals surface area (Å²) in [6, 6.07) is 7.07. The minimum Gasteiger partial charge on any atom is -0.444 e. The Hall–Kier alpha value is -3.05. The number of anilines is 1. The third-order valence-electron chi connectivity index (χ3n) is 5.02. The van der Waals surface area contributed by atoms with Gasteiger partial charge in [0.1, 0.15) is 5.60 Å². The van der Waals surface area contributed by atoms with Gasteiger partial charge in [0.25, 0.3) is 0 Å². The molecule has 2 aliphatic rings. The van der Waals surface area contributed by atoms with Crippen LogP contribution in [0, 0.1) is 11.8 Å². The normalized spacial score (nSPS) is 17.6. The molecule has 8 heteroatoms. The van der Waals surface area contributed by atoms with Crippen LogP contribution in [0.3, 0.4) is 0 Å². The van der Waals surface area contributed by atoms with Gasteiger partial charge in [-0.1, -0.05) is 17.9 Å². The summed E-state index contributed by atoms with van der Waals surface area (Å²) in [5.41, 5.74) is 1.09. The van der Waals surface area contributed by atoms with Gasteiger partial charge in [-0.05, 0) is 39.0 Å². The highest BCUT2D eigenvalue weighted by atomic mass is 16.6. The first-order valence-electron chi connectivity index (χ1n) is 10.6. The summed E-state index contributed by atoms with van der Waals surface area (Å²) in [4.78, 5) is 41.1. The molecule has 31 heavy (non-hydrogen) atoms. The van der Waals surface area contributed by atoms with Crippen LogP contribution in [0.5, 0.6) is 0 Å².